The summed E-state index contributed by atoms with van der Waals surface area (Å²) in [7, 11) is 1.61. The van der Waals surface area contributed by atoms with Gasteiger partial charge in [-0.25, -0.2) is 0 Å². The molecule has 1 aromatic heterocycles. The monoisotopic (exact) mass is 234 g/mol. The number of thiophene rings is 1. The minimum absolute atomic E-state index is 0.709. The Morgan fingerprint density at radius 1 is 1.19 bits per heavy atom. The van der Waals surface area contributed by atoms with Crippen molar-refractivity contribution in [3.63, 3.8) is 0 Å². The summed E-state index contributed by atoms with van der Waals surface area (Å²) in [6, 6.07) is 11.4. The van der Waals surface area contributed by atoms with Gasteiger partial charge in [0.05, 0.1) is 7.11 Å². The zero-order chi connectivity index (χ0) is 11.6. The van der Waals surface area contributed by atoms with Gasteiger partial charge in [-0.05, 0) is 24.4 Å². The molecular formula is C13H14O2S. The second-order valence-corrected chi connectivity index (χ2v) is 4.70. The Hall–Kier alpha value is -1.32. The first-order valence-corrected chi connectivity index (χ1v) is 5.94. The molecule has 1 atom stereocenters. The molecule has 2 rings (SSSR count). The standard InChI is InChI=1S/C13H14O2S/c1-13(14,12-8-5-9-16-12)10-6-3-4-7-11(10)15-2/h3-9,14H,1-2H3. The smallest absolute Gasteiger partial charge is 0.125 e. The summed E-state index contributed by atoms with van der Waals surface area (Å²) in [5, 5.41) is 12.5. The topological polar surface area (TPSA) is 29.5 Å². The molecule has 3 heteroatoms. The second-order valence-electron chi connectivity index (χ2n) is 3.75. The van der Waals surface area contributed by atoms with E-state index in [1.54, 1.807) is 14.0 Å². The first-order valence-electron chi connectivity index (χ1n) is 5.06. The van der Waals surface area contributed by atoms with Crippen molar-refractivity contribution in [2.24, 2.45) is 0 Å². The summed E-state index contributed by atoms with van der Waals surface area (Å²) in [5.41, 5.74) is -0.208. The minimum atomic E-state index is -0.999. The molecule has 0 aliphatic carbocycles. The molecule has 0 aliphatic heterocycles. The summed E-state index contributed by atoms with van der Waals surface area (Å²) in [6.07, 6.45) is 0. The molecule has 1 aromatic carbocycles. The third kappa shape index (κ3) is 1.84. The van der Waals surface area contributed by atoms with Crippen LogP contribution in [0.2, 0.25) is 0 Å². The summed E-state index contributed by atoms with van der Waals surface area (Å²) < 4.78 is 5.27. The number of hydrogen-bond acceptors (Lipinski definition) is 3. The molecule has 0 fully saturated rings. The molecule has 0 amide bonds. The second kappa shape index (κ2) is 4.28. The van der Waals surface area contributed by atoms with Crippen molar-refractivity contribution < 1.29 is 9.84 Å². The van der Waals surface area contributed by atoms with E-state index in [4.69, 9.17) is 4.74 Å². The lowest BCUT2D eigenvalue weighted by Crippen LogP contribution is -2.22. The summed E-state index contributed by atoms with van der Waals surface area (Å²) >= 11 is 1.54. The van der Waals surface area contributed by atoms with Crippen LogP contribution in [0.25, 0.3) is 0 Å². The number of methoxy groups -OCH3 is 1. The van der Waals surface area contributed by atoms with Crippen molar-refractivity contribution >= 4 is 11.3 Å². The summed E-state index contributed by atoms with van der Waals surface area (Å²) in [4.78, 5) is 0.914. The van der Waals surface area contributed by atoms with Crippen LogP contribution >= 0.6 is 11.3 Å². The van der Waals surface area contributed by atoms with E-state index in [0.29, 0.717) is 5.75 Å². The highest BCUT2D eigenvalue weighted by Crippen LogP contribution is 2.37. The van der Waals surface area contributed by atoms with Crippen molar-refractivity contribution in [1.82, 2.24) is 0 Å². The molecule has 0 spiro atoms. The van der Waals surface area contributed by atoms with Crippen LogP contribution in [0.5, 0.6) is 5.75 Å². The highest BCUT2D eigenvalue weighted by Gasteiger charge is 2.29. The van der Waals surface area contributed by atoms with Crippen LogP contribution in [-0.2, 0) is 5.60 Å². The predicted molar refractivity (Wildman–Crippen MR) is 66.0 cm³/mol. The van der Waals surface area contributed by atoms with E-state index in [2.05, 4.69) is 0 Å². The maximum atomic E-state index is 10.6. The van der Waals surface area contributed by atoms with Crippen LogP contribution in [0.15, 0.2) is 41.8 Å². The van der Waals surface area contributed by atoms with Gasteiger partial charge in [0.15, 0.2) is 0 Å². The number of para-hydroxylation sites is 1. The van der Waals surface area contributed by atoms with Gasteiger partial charge in [-0.3, -0.25) is 0 Å². The highest BCUT2D eigenvalue weighted by molar-refractivity contribution is 7.10. The number of hydrogen-bond donors (Lipinski definition) is 1. The average molecular weight is 234 g/mol. The van der Waals surface area contributed by atoms with E-state index < -0.39 is 5.60 Å². The van der Waals surface area contributed by atoms with Gasteiger partial charge in [0.1, 0.15) is 11.4 Å². The minimum Gasteiger partial charge on any atom is -0.496 e. The molecule has 2 aromatic rings. The molecule has 1 N–H and O–H groups in total. The van der Waals surface area contributed by atoms with Crippen LogP contribution in [-0.4, -0.2) is 12.2 Å². The van der Waals surface area contributed by atoms with E-state index in [0.717, 1.165) is 10.4 Å². The Balaban J connectivity index is 2.51. The van der Waals surface area contributed by atoms with Crippen LogP contribution in [0.1, 0.15) is 17.4 Å². The fourth-order valence-electron chi connectivity index (χ4n) is 1.74. The first-order chi connectivity index (χ1) is 7.66. The molecule has 0 radical (unpaired) electrons. The number of ether oxygens (including phenoxy) is 1. The Kier molecular flexibility index (Phi) is 2.99. The predicted octanol–water partition coefficient (Wildman–Crippen LogP) is 3.01. The van der Waals surface area contributed by atoms with Crippen molar-refractivity contribution in [1.29, 1.82) is 0 Å². The van der Waals surface area contributed by atoms with Crippen LogP contribution in [0.3, 0.4) is 0 Å². The van der Waals surface area contributed by atoms with Crippen LogP contribution in [0.4, 0.5) is 0 Å². The molecule has 0 saturated heterocycles. The Bertz CT molecular complexity index is 461. The Labute approximate surface area is 99.1 Å². The van der Waals surface area contributed by atoms with Gasteiger partial charge in [-0.2, -0.15) is 0 Å². The maximum Gasteiger partial charge on any atom is 0.125 e. The third-order valence-electron chi connectivity index (χ3n) is 2.63. The lowest BCUT2D eigenvalue weighted by Gasteiger charge is -2.24. The lowest BCUT2D eigenvalue weighted by molar-refractivity contribution is 0.103. The van der Waals surface area contributed by atoms with E-state index in [9.17, 15) is 5.11 Å². The average Bonchev–Trinajstić information content (AvgIpc) is 2.83. The molecule has 0 aliphatic rings. The van der Waals surface area contributed by atoms with Crippen LogP contribution < -0.4 is 4.74 Å². The van der Waals surface area contributed by atoms with Crippen molar-refractivity contribution in [3.05, 3.63) is 52.2 Å². The van der Waals surface area contributed by atoms with Gasteiger partial charge in [0, 0.05) is 10.4 Å². The van der Waals surface area contributed by atoms with Gasteiger partial charge in [0.2, 0.25) is 0 Å². The molecule has 2 nitrogen and oxygen atoms in total. The van der Waals surface area contributed by atoms with Crippen LogP contribution in [0, 0.1) is 0 Å². The third-order valence-corrected chi connectivity index (χ3v) is 3.71. The summed E-state index contributed by atoms with van der Waals surface area (Å²) in [6.45, 7) is 1.79. The largest absolute Gasteiger partial charge is 0.496 e. The van der Waals surface area contributed by atoms with E-state index in [1.807, 2.05) is 41.8 Å². The van der Waals surface area contributed by atoms with Gasteiger partial charge in [-0.15, -0.1) is 11.3 Å². The van der Waals surface area contributed by atoms with Crippen molar-refractivity contribution in [2.75, 3.05) is 7.11 Å². The zero-order valence-electron chi connectivity index (χ0n) is 9.31. The Morgan fingerprint density at radius 3 is 2.56 bits per heavy atom. The van der Waals surface area contributed by atoms with E-state index in [-0.39, 0.29) is 0 Å². The van der Waals surface area contributed by atoms with Gasteiger partial charge in [-0.1, -0.05) is 24.3 Å². The molecule has 84 valence electrons. The van der Waals surface area contributed by atoms with Gasteiger partial charge < -0.3 is 9.84 Å². The van der Waals surface area contributed by atoms with Crippen molar-refractivity contribution in [2.45, 2.75) is 12.5 Å². The molecule has 0 bridgehead atoms. The fraction of sp³-hybridized carbons (Fsp3) is 0.231. The number of aliphatic hydroxyl groups is 1. The van der Waals surface area contributed by atoms with Crippen molar-refractivity contribution in [3.8, 4) is 5.75 Å². The van der Waals surface area contributed by atoms with Gasteiger partial charge >= 0.3 is 0 Å². The molecule has 16 heavy (non-hydrogen) atoms. The quantitative estimate of drug-likeness (QED) is 0.884. The normalized spacial score (nSPS) is 14.4. The first kappa shape index (κ1) is 11.2. The molecule has 0 saturated carbocycles. The molecule has 1 unspecified atom stereocenters. The maximum absolute atomic E-state index is 10.6. The number of benzene rings is 1. The summed E-state index contributed by atoms with van der Waals surface area (Å²) in [5.74, 6) is 0.709. The highest BCUT2D eigenvalue weighted by atomic mass is 32.1. The molecule has 1 heterocycles. The van der Waals surface area contributed by atoms with Gasteiger partial charge in [0.25, 0.3) is 0 Å². The zero-order valence-corrected chi connectivity index (χ0v) is 10.1. The lowest BCUT2D eigenvalue weighted by atomic mass is 9.93. The fourth-order valence-corrected chi connectivity index (χ4v) is 2.54. The SMILES string of the molecule is COc1ccccc1C(C)(O)c1cccs1. The van der Waals surface area contributed by atoms with E-state index in [1.165, 1.54) is 11.3 Å². The molecular weight excluding hydrogens is 220 g/mol. The number of rotatable bonds is 3. The Morgan fingerprint density at radius 2 is 1.94 bits per heavy atom. The van der Waals surface area contributed by atoms with E-state index >= 15 is 0 Å².